The third-order valence-corrected chi connectivity index (χ3v) is 0. The van der Waals surface area contributed by atoms with Gasteiger partial charge in [0.05, 0.1) is 0 Å². The van der Waals surface area contributed by atoms with E-state index in [1.54, 1.807) is 0 Å². The molecule has 6 heavy (non-hydrogen) atoms. The summed E-state index contributed by atoms with van der Waals surface area (Å²) in [6.45, 7) is 0. The van der Waals surface area contributed by atoms with Gasteiger partial charge in [0.1, 0.15) is 0 Å². The summed E-state index contributed by atoms with van der Waals surface area (Å²) >= 11 is 0. The first-order valence-corrected chi connectivity index (χ1v) is 2.40. The molecule has 0 fully saturated rings. The molecule has 0 spiro atoms. The molecule has 0 saturated carbocycles. The zero-order chi connectivity index (χ0) is 4.50. The van der Waals surface area contributed by atoms with Crippen molar-refractivity contribution in [3.05, 3.63) is 0 Å². The van der Waals surface area contributed by atoms with E-state index in [9.17, 15) is 4.11 Å². The van der Waals surface area contributed by atoms with Crippen molar-refractivity contribution in [2.75, 3.05) is 0 Å². The van der Waals surface area contributed by atoms with Gasteiger partial charge in [0.15, 0.2) is 0 Å². The first-order valence-electron chi connectivity index (χ1n) is 0.801. The van der Waals surface area contributed by atoms with E-state index in [1.807, 2.05) is 0 Å². The third-order valence-electron chi connectivity index (χ3n) is 0. The molecule has 6 heteroatoms. The Hall–Kier alpha value is 0.559. The number of hydrogen-bond donors (Lipinski definition) is 0. The second kappa shape index (κ2) is 2.69. The minimum absolute atomic E-state index is 0. The fourth-order valence-electron chi connectivity index (χ4n) is 0. The SMILES string of the molecule is [Cr+3].[O-][Si]([O-])([O-])F. The molecule has 0 saturated heterocycles. The van der Waals surface area contributed by atoms with E-state index in [4.69, 9.17) is 14.4 Å². The second-order valence-corrected chi connectivity index (χ2v) is 1.44. The molecule has 0 rings (SSSR count). The van der Waals surface area contributed by atoms with Crippen LogP contribution < -0.4 is 14.4 Å². The third kappa shape index (κ3) is 185. The molecule has 0 aliphatic rings. The van der Waals surface area contributed by atoms with E-state index in [2.05, 4.69) is 0 Å². The van der Waals surface area contributed by atoms with E-state index >= 15 is 0 Å². The zero-order valence-corrected chi connectivity index (χ0v) is 4.79. The Morgan fingerprint density at radius 2 is 1.17 bits per heavy atom. The summed E-state index contributed by atoms with van der Waals surface area (Å²) in [5.74, 6) is 0. The van der Waals surface area contributed by atoms with Gasteiger partial charge in [-0.3, -0.25) is 0 Å². The van der Waals surface area contributed by atoms with Crippen molar-refractivity contribution in [1.82, 2.24) is 0 Å². The van der Waals surface area contributed by atoms with E-state index in [-0.39, 0.29) is 17.4 Å². The van der Waals surface area contributed by atoms with Crippen molar-refractivity contribution in [1.29, 1.82) is 0 Å². The van der Waals surface area contributed by atoms with Crippen LogP contribution in [0.1, 0.15) is 0 Å². The minimum Gasteiger partial charge on any atom is -0.857 e. The van der Waals surface area contributed by atoms with Gasteiger partial charge < -0.3 is 18.5 Å². The Morgan fingerprint density at radius 1 is 1.17 bits per heavy atom. The van der Waals surface area contributed by atoms with Gasteiger partial charge in [0.25, 0.3) is 0 Å². The largest absolute Gasteiger partial charge is 3.00 e. The molecule has 0 aliphatic carbocycles. The number of halogens is 1. The molecule has 3 nitrogen and oxygen atoms in total. The predicted octanol–water partition coefficient (Wildman–Crippen LogP) is -3.53. The summed E-state index contributed by atoms with van der Waals surface area (Å²) in [7, 11) is -5.86. The van der Waals surface area contributed by atoms with Crippen LogP contribution in [0.4, 0.5) is 4.11 Å². The molecule has 35 valence electrons. The van der Waals surface area contributed by atoms with Crippen LogP contribution in [0.3, 0.4) is 0 Å². The molecule has 0 aliphatic heterocycles. The van der Waals surface area contributed by atoms with Crippen LogP contribution in [0.15, 0.2) is 0 Å². The van der Waals surface area contributed by atoms with Gasteiger partial charge in [-0.25, -0.2) is 0 Å². The molecule has 0 heterocycles. The van der Waals surface area contributed by atoms with E-state index in [1.165, 1.54) is 0 Å². The number of rotatable bonds is 0. The van der Waals surface area contributed by atoms with Gasteiger partial charge in [0.2, 0.25) is 0 Å². The standard InChI is InChI=1S/Cr.FO3Si/c;1-5(2,3)4/q+3;-3. The summed E-state index contributed by atoms with van der Waals surface area (Å²) in [6.07, 6.45) is 0. The molecule has 0 unspecified atom stereocenters. The molecule has 0 aromatic carbocycles. The molecule has 0 atom stereocenters. The van der Waals surface area contributed by atoms with E-state index in [0.717, 1.165) is 0 Å². The summed E-state index contributed by atoms with van der Waals surface area (Å²) in [6, 6.07) is 0. The van der Waals surface area contributed by atoms with Gasteiger partial charge >= 0.3 is 17.4 Å². The maximum absolute atomic E-state index is 10.2. The molecule has 0 amide bonds. The molecule has 0 N–H and O–H groups in total. The van der Waals surface area contributed by atoms with Crippen molar-refractivity contribution in [2.45, 2.75) is 0 Å². The smallest absolute Gasteiger partial charge is 0.857 e. The first kappa shape index (κ1) is 9.75. The number of hydrogen-bond acceptors (Lipinski definition) is 3. The Labute approximate surface area is 45.7 Å². The van der Waals surface area contributed by atoms with Crippen LogP contribution in [0.25, 0.3) is 0 Å². The van der Waals surface area contributed by atoms with Gasteiger partial charge in [-0.05, 0) is 0 Å². The van der Waals surface area contributed by atoms with Crippen LogP contribution >= 0.6 is 0 Å². The van der Waals surface area contributed by atoms with Crippen LogP contribution in [0.5, 0.6) is 0 Å². The van der Waals surface area contributed by atoms with Gasteiger partial charge in [-0.15, -0.1) is 0 Å². The molecular weight excluding hydrogens is 147 g/mol. The normalized spacial score (nSPS) is 10.0. The quantitative estimate of drug-likeness (QED) is 0.263. The summed E-state index contributed by atoms with van der Waals surface area (Å²) in [4.78, 5) is 25.4. The maximum atomic E-state index is 10.2. The average molecular weight is 147 g/mol. The second-order valence-electron chi connectivity index (χ2n) is 0.481. The first-order chi connectivity index (χ1) is 2.00. The molecular formula is CrFO3Si. The fourth-order valence-corrected chi connectivity index (χ4v) is 0. The fraction of sp³-hybridized carbons (Fsp3) is 0. The van der Waals surface area contributed by atoms with Crippen LogP contribution in [-0.2, 0) is 17.4 Å². The van der Waals surface area contributed by atoms with E-state index in [0.29, 0.717) is 0 Å². The average Bonchev–Trinajstić information content (AvgIpc) is 0.722. The summed E-state index contributed by atoms with van der Waals surface area (Å²) < 4.78 is 10.2. The minimum atomic E-state index is -5.86. The van der Waals surface area contributed by atoms with Crippen molar-refractivity contribution in [3.8, 4) is 0 Å². The van der Waals surface area contributed by atoms with Crippen LogP contribution in [0.2, 0.25) is 0 Å². The Kier molecular flexibility index (Phi) is 4.37. The topological polar surface area (TPSA) is 69.2 Å². The van der Waals surface area contributed by atoms with Gasteiger partial charge in [-0.1, -0.05) is 9.14 Å². The monoisotopic (exact) mass is 147 g/mol. The van der Waals surface area contributed by atoms with Crippen molar-refractivity contribution in [2.24, 2.45) is 0 Å². The zero-order valence-electron chi connectivity index (χ0n) is 2.51. The molecule has 0 bridgehead atoms. The Balaban J connectivity index is 0. The Bertz CT molecular complexity index is 26.3. The summed E-state index contributed by atoms with van der Waals surface area (Å²) in [5, 5.41) is 0. The van der Waals surface area contributed by atoms with Crippen molar-refractivity contribution in [3.63, 3.8) is 0 Å². The van der Waals surface area contributed by atoms with Crippen molar-refractivity contribution < 1.29 is 35.9 Å². The maximum Gasteiger partial charge on any atom is 3.00 e. The van der Waals surface area contributed by atoms with Crippen LogP contribution in [0, 0.1) is 0 Å². The predicted molar refractivity (Wildman–Crippen MR) is 6.86 cm³/mol. The Morgan fingerprint density at radius 3 is 1.17 bits per heavy atom. The van der Waals surface area contributed by atoms with E-state index < -0.39 is 9.14 Å². The van der Waals surface area contributed by atoms with Gasteiger partial charge in [0, 0.05) is 0 Å². The molecule has 0 aromatic rings. The molecule has 0 aromatic heterocycles. The molecule has 1 radical (unpaired) electrons. The van der Waals surface area contributed by atoms with Crippen molar-refractivity contribution >= 4 is 9.14 Å². The summed E-state index contributed by atoms with van der Waals surface area (Å²) in [5.41, 5.74) is 0. The van der Waals surface area contributed by atoms with Gasteiger partial charge in [-0.2, -0.15) is 0 Å². The van der Waals surface area contributed by atoms with Crippen LogP contribution in [-0.4, -0.2) is 9.14 Å².